The lowest BCUT2D eigenvalue weighted by atomic mass is 10.3. The number of rotatable bonds is 4. The van der Waals surface area contributed by atoms with Crippen LogP contribution in [0.1, 0.15) is 4.88 Å². The SMILES string of the molecule is Cl.Clc1cc2c(NCc3cccs3)nc(N3CCNCC3)nc2cn1. The molecule has 132 valence electrons. The standard InChI is InChI=1S/C16H17ClN6S.ClH/c17-14-8-12-13(10-19-14)21-16(23-5-3-18-4-6-23)22-15(12)20-9-11-2-1-7-24-11;/h1-2,7-8,10,18H,3-6,9H2,(H,20,21,22);1H. The van der Waals surface area contributed by atoms with E-state index in [1.807, 2.05) is 12.1 Å². The quantitative estimate of drug-likeness (QED) is 0.660. The molecule has 25 heavy (non-hydrogen) atoms. The summed E-state index contributed by atoms with van der Waals surface area (Å²) < 4.78 is 0. The molecule has 0 unspecified atom stereocenters. The lowest BCUT2D eigenvalue weighted by Crippen LogP contribution is -2.44. The number of thiophene rings is 1. The van der Waals surface area contributed by atoms with E-state index >= 15 is 0 Å². The maximum atomic E-state index is 6.07. The van der Waals surface area contributed by atoms with Crippen molar-refractivity contribution in [3.63, 3.8) is 0 Å². The lowest BCUT2D eigenvalue weighted by molar-refractivity contribution is 0.580. The Morgan fingerprint density at radius 2 is 2.12 bits per heavy atom. The zero-order valence-electron chi connectivity index (χ0n) is 13.4. The van der Waals surface area contributed by atoms with Crippen molar-refractivity contribution in [2.75, 3.05) is 36.4 Å². The van der Waals surface area contributed by atoms with Crippen molar-refractivity contribution < 1.29 is 0 Å². The molecular formula is C16H18Cl2N6S. The Bertz CT molecular complexity index is 836. The first-order valence-corrected chi connectivity index (χ1v) is 9.10. The van der Waals surface area contributed by atoms with Gasteiger partial charge in [-0.3, -0.25) is 0 Å². The van der Waals surface area contributed by atoms with Gasteiger partial charge in [-0.2, -0.15) is 4.98 Å². The molecule has 3 aromatic heterocycles. The molecular weight excluding hydrogens is 379 g/mol. The molecule has 9 heteroatoms. The predicted octanol–water partition coefficient (Wildman–Crippen LogP) is 3.18. The number of pyridine rings is 1. The van der Waals surface area contributed by atoms with Gasteiger partial charge in [0, 0.05) is 36.4 Å². The van der Waals surface area contributed by atoms with E-state index in [2.05, 4.69) is 36.9 Å². The molecule has 1 aliphatic heterocycles. The van der Waals surface area contributed by atoms with Gasteiger partial charge in [0.1, 0.15) is 11.0 Å². The summed E-state index contributed by atoms with van der Waals surface area (Å²) in [5.41, 5.74) is 0.802. The number of nitrogens with one attached hydrogen (secondary N) is 2. The van der Waals surface area contributed by atoms with E-state index in [0.717, 1.165) is 55.4 Å². The molecule has 0 saturated carbocycles. The lowest BCUT2D eigenvalue weighted by Gasteiger charge is -2.27. The van der Waals surface area contributed by atoms with Crippen LogP contribution in [0, 0.1) is 0 Å². The minimum atomic E-state index is 0. The second-order valence-corrected chi connectivity index (χ2v) is 6.99. The van der Waals surface area contributed by atoms with Gasteiger partial charge in [-0.05, 0) is 17.5 Å². The molecule has 0 bridgehead atoms. The fourth-order valence-corrected chi connectivity index (χ4v) is 3.52. The van der Waals surface area contributed by atoms with Crippen molar-refractivity contribution in [1.82, 2.24) is 20.3 Å². The predicted molar refractivity (Wildman–Crippen MR) is 106 cm³/mol. The molecule has 1 saturated heterocycles. The summed E-state index contributed by atoms with van der Waals surface area (Å²) in [5, 5.41) is 10.2. The summed E-state index contributed by atoms with van der Waals surface area (Å²) in [7, 11) is 0. The minimum absolute atomic E-state index is 0. The fraction of sp³-hybridized carbons (Fsp3) is 0.312. The highest BCUT2D eigenvalue weighted by atomic mass is 35.5. The van der Waals surface area contributed by atoms with E-state index in [1.165, 1.54) is 4.88 Å². The van der Waals surface area contributed by atoms with Gasteiger partial charge in [0.2, 0.25) is 5.95 Å². The summed E-state index contributed by atoms with van der Waals surface area (Å²) in [6.45, 7) is 4.41. The average molecular weight is 397 g/mol. The third-order valence-corrected chi connectivity index (χ3v) is 5.03. The first-order valence-electron chi connectivity index (χ1n) is 7.85. The number of hydrogen-bond donors (Lipinski definition) is 2. The van der Waals surface area contributed by atoms with Crippen molar-refractivity contribution in [1.29, 1.82) is 0 Å². The van der Waals surface area contributed by atoms with Crippen molar-refractivity contribution in [3.05, 3.63) is 39.8 Å². The number of aromatic nitrogens is 3. The largest absolute Gasteiger partial charge is 0.364 e. The van der Waals surface area contributed by atoms with Crippen LogP contribution in [-0.2, 0) is 6.54 Å². The summed E-state index contributed by atoms with van der Waals surface area (Å²) in [4.78, 5) is 17.0. The van der Waals surface area contributed by atoms with E-state index in [4.69, 9.17) is 16.6 Å². The number of nitrogens with zero attached hydrogens (tertiary/aromatic N) is 4. The Balaban J connectivity index is 0.00000182. The van der Waals surface area contributed by atoms with Crippen LogP contribution >= 0.6 is 35.3 Å². The molecule has 0 spiro atoms. The van der Waals surface area contributed by atoms with E-state index in [-0.39, 0.29) is 12.4 Å². The molecule has 0 aliphatic carbocycles. The van der Waals surface area contributed by atoms with Crippen LogP contribution in [0.15, 0.2) is 29.8 Å². The van der Waals surface area contributed by atoms with Crippen LogP contribution in [0.3, 0.4) is 0 Å². The second-order valence-electron chi connectivity index (χ2n) is 5.57. The van der Waals surface area contributed by atoms with Crippen LogP contribution in [0.2, 0.25) is 5.15 Å². The number of piperazine rings is 1. The molecule has 1 fully saturated rings. The van der Waals surface area contributed by atoms with Crippen molar-refractivity contribution in [3.8, 4) is 0 Å². The molecule has 2 N–H and O–H groups in total. The van der Waals surface area contributed by atoms with Crippen molar-refractivity contribution >= 4 is 58.0 Å². The summed E-state index contributed by atoms with van der Waals surface area (Å²) >= 11 is 7.79. The van der Waals surface area contributed by atoms with Crippen molar-refractivity contribution in [2.24, 2.45) is 0 Å². The Hall–Kier alpha value is -1.67. The van der Waals surface area contributed by atoms with Gasteiger partial charge in [-0.1, -0.05) is 17.7 Å². The zero-order valence-corrected chi connectivity index (χ0v) is 15.8. The van der Waals surface area contributed by atoms with E-state index in [1.54, 1.807) is 17.5 Å². The zero-order chi connectivity index (χ0) is 16.4. The monoisotopic (exact) mass is 396 g/mol. The Labute approximate surface area is 161 Å². The summed E-state index contributed by atoms with van der Waals surface area (Å²) in [6.07, 6.45) is 1.71. The smallest absolute Gasteiger partial charge is 0.228 e. The molecule has 0 amide bonds. The molecule has 1 aliphatic rings. The Kier molecular flexibility index (Phi) is 5.90. The van der Waals surface area contributed by atoms with Gasteiger partial charge in [0.25, 0.3) is 0 Å². The highest BCUT2D eigenvalue weighted by molar-refractivity contribution is 7.09. The van der Waals surface area contributed by atoms with Gasteiger partial charge in [-0.15, -0.1) is 23.7 Å². The van der Waals surface area contributed by atoms with Gasteiger partial charge >= 0.3 is 0 Å². The first kappa shape index (κ1) is 18.1. The number of halogens is 2. The molecule has 0 radical (unpaired) electrons. The Morgan fingerprint density at radius 3 is 2.88 bits per heavy atom. The van der Waals surface area contributed by atoms with Crippen LogP contribution in [0.5, 0.6) is 0 Å². The third kappa shape index (κ3) is 4.12. The summed E-state index contributed by atoms with van der Waals surface area (Å²) in [5.74, 6) is 1.54. The van der Waals surface area contributed by atoms with Crippen LogP contribution in [0.25, 0.3) is 10.9 Å². The normalized spacial score (nSPS) is 14.4. The second kappa shape index (κ2) is 8.14. The van der Waals surface area contributed by atoms with E-state index in [0.29, 0.717) is 5.15 Å². The topological polar surface area (TPSA) is 66.0 Å². The maximum Gasteiger partial charge on any atom is 0.228 e. The van der Waals surface area contributed by atoms with E-state index in [9.17, 15) is 0 Å². The molecule has 0 aromatic carbocycles. The number of anilines is 2. The Morgan fingerprint density at radius 1 is 1.28 bits per heavy atom. The van der Waals surface area contributed by atoms with E-state index < -0.39 is 0 Å². The number of hydrogen-bond acceptors (Lipinski definition) is 7. The van der Waals surface area contributed by atoms with Gasteiger partial charge in [-0.25, -0.2) is 9.97 Å². The highest BCUT2D eigenvalue weighted by Gasteiger charge is 2.16. The van der Waals surface area contributed by atoms with Crippen LogP contribution in [0.4, 0.5) is 11.8 Å². The highest BCUT2D eigenvalue weighted by Crippen LogP contribution is 2.26. The van der Waals surface area contributed by atoms with Gasteiger partial charge < -0.3 is 15.5 Å². The van der Waals surface area contributed by atoms with Crippen molar-refractivity contribution in [2.45, 2.75) is 6.54 Å². The van der Waals surface area contributed by atoms with Gasteiger partial charge in [0.15, 0.2) is 0 Å². The van der Waals surface area contributed by atoms with Gasteiger partial charge in [0.05, 0.1) is 18.3 Å². The molecule has 6 nitrogen and oxygen atoms in total. The van der Waals surface area contributed by atoms with Crippen LogP contribution in [-0.4, -0.2) is 41.1 Å². The molecule has 0 atom stereocenters. The molecule has 4 rings (SSSR count). The number of fused-ring (bicyclic) bond motifs is 1. The molecule has 3 aromatic rings. The minimum Gasteiger partial charge on any atom is -0.364 e. The fourth-order valence-electron chi connectivity index (χ4n) is 2.72. The van der Waals surface area contributed by atoms with Crippen LogP contribution < -0.4 is 15.5 Å². The molecule has 4 heterocycles. The maximum absolute atomic E-state index is 6.07. The summed E-state index contributed by atoms with van der Waals surface area (Å²) in [6, 6.07) is 5.97. The third-order valence-electron chi connectivity index (χ3n) is 3.95. The first-order chi connectivity index (χ1) is 11.8. The average Bonchev–Trinajstić information content (AvgIpc) is 3.14.